The summed E-state index contributed by atoms with van der Waals surface area (Å²) < 4.78 is 0.824. The predicted octanol–water partition coefficient (Wildman–Crippen LogP) is 3.01. The van der Waals surface area contributed by atoms with E-state index in [1.165, 1.54) is 6.42 Å². The number of likely N-dealkylation sites (N-methyl/N-ethyl adjacent to an activating group) is 1. The monoisotopic (exact) mass is 421 g/mol. The van der Waals surface area contributed by atoms with Crippen molar-refractivity contribution in [3.05, 3.63) is 34.3 Å². The summed E-state index contributed by atoms with van der Waals surface area (Å²) in [6.07, 6.45) is 5.41. The maximum Gasteiger partial charge on any atom is 0.325 e. The third-order valence-electron chi connectivity index (χ3n) is 5.49. The first-order valence-corrected chi connectivity index (χ1v) is 9.78. The van der Waals surface area contributed by atoms with Crippen LogP contribution in [0.4, 0.5) is 4.79 Å². The number of benzene rings is 1. The molecule has 1 N–H and O–H groups in total. The summed E-state index contributed by atoms with van der Waals surface area (Å²) in [5, 5.41) is 2.74. The summed E-state index contributed by atoms with van der Waals surface area (Å²) in [6.45, 7) is 1.45. The second kappa shape index (κ2) is 7.39. The van der Waals surface area contributed by atoms with E-state index < -0.39 is 17.5 Å². The molecule has 1 saturated carbocycles. The van der Waals surface area contributed by atoms with Gasteiger partial charge in [0.15, 0.2) is 0 Å². The van der Waals surface area contributed by atoms with Gasteiger partial charge in [0, 0.05) is 17.6 Å². The molecule has 3 rings (SSSR count). The highest BCUT2D eigenvalue weighted by atomic mass is 79.9. The lowest BCUT2D eigenvalue weighted by atomic mass is 9.92. The second-order valence-corrected chi connectivity index (χ2v) is 8.17. The maximum absolute atomic E-state index is 12.9. The molecule has 1 saturated heterocycles. The van der Waals surface area contributed by atoms with Gasteiger partial charge in [0.2, 0.25) is 5.91 Å². The fourth-order valence-corrected chi connectivity index (χ4v) is 4.15. The molecule has 1 aliphatic carbocycles. The quantitative estimate of drug-likeness (QED) is 0.759. The topological polar surface area (TPSA) is 69.7 Å². The van der Waals surface area contributed by atoms with Crippen LogP contribution in [0.2, 0.25) is 0 Å². The normalized spacial score (nSPS) is 23.9. The number of halogens is 1. The lowest BCUT2D eigenvalue weighted by Gasteiger charge is -2.32. The van der Waals surface area contributed by atoms with Gasteiger partial charge < -0.3 is 10.2 Å². The zero-order valence-electron chi connectivity index (χ0n) is 15.1. The molecule has 7 heteroatoms. The number of urea groups is 1. The summed E-state index contributed by atoms with van der Waals surface area (Å²) in [4.78, 5) is 40.7. The number of amides is 4. The molecule has 1 atom stereocenters. The van der Waals surface area contributed by atoms with Crippen LogP contribution in [0.25, 0.3) is 0 Å². The Morgan fingerprint density at radius 1 is 1.31 bits per heavy atom. The summed E-state index contributed by atoms with van der Waals surface area (Å²) in [5.41, 5.74) is -0.481. The van der Waals surface area contributed by atoms with Gasteiger partial charge in [0.1, 0.15) is 12.1 Å². The first-order valence-electron chi connectivity index (χ1n) is 8.99. The number of nitrogens with one attached hydrogen (secondary N) is 1. The molecule has 0 spiro atoms. The van der Waals surface area contributed by atoms with Crippen molar-refractivity contribution in [3.8, 4) is 0 Å². The Bertz CT molecular complexity index is 732. The third-order valence-corrected chi connectivity index (χ3v) is 5.98. The van der Waals surface area contributed by atoms with Crippen LogP contribution in [0.1, 0.15) is 44.6 Å². The van der Waals surface area contributed by atoms with Crippen LogP contribution in [0.5, 0.6) is 0 Å². The average molecular weight is 422 g/mol. The minimum atomic E-state index is -1.16. The first kappa shape index (κ1) is 18.9. The van der Waals surface area contributed by atoms with Crippen molar-refractivity contribution in [2.45, 2.75) is 50.6 Å². The summed E-state index contributed by atoms with van der Waals surface area (Å²) in [6, 6.07) is 6.94. The average Bonchev–Trinajstić information content (AvgIpc) is 2.86. The first-order chi connectivity index (χ1) is 12.3. The van der Waals surface area contributed by atoms with Crippen molar-refractivity contribution >= 4 is 33.8 Å². The van der Waals surface area contributed by atoms with Crippen molar-refractivity contribution in [1.29, 1.82) is 0 Å². The number of nitrogens with zero attached hydrogens (tertiary/aromatic N) is 2. The number of hydrogen-bond donors (Lipinski definition) is 1. The number of imide groups is 1. The van der Waals surface area contributed by atoms with Gasteiger partial charge in [0.25, 0.3) is 5.91 Å². The van der Waals surface area contributed by atoms with E-state index in [-0.39, 0.29) is 18.5 Å². The summed E-state index contributed by atoms with van der Waals surface area (Å²) in [5.74, 6) is -0.593. The van der Waals surface area contributed by atoms with Crippen LogP contribution in [0.15, 0.2) is 28.7 Å². The van der Waals surface area contributed by atoms with E-state index in [2.05, 4.69) is 21.2 Å². The van der Waals surface area contributed by atoms with Crippen molar-refractivity contribution in [2.24, 2.45) is 0 Å². The SMILES string of the molecule is CN(C(=O)CN1C(=O)NC(C)(c2cccc(Br)c2)C1=O)C1CCCCC1. The lowest BCUT2D eigenvalue weighted by molar-refractivity contribution is -0.139. The molecule has 1 aromatic rings. The lowest BCUT2D eigenvalue weighted by Crippen LogP contribution is -2.46. The fraction of sp³-hybridized carbons (Fsp3) is 0.526. The van der Waals surface area contributed by atoms with Gasteiger partial charge in [-0.2, -0.15) is 0 Å². The highest BCUT2D eigenvalue weighted by Gasteiger charge is 2.49. The van der Waals surface area contributed by atoms with Gasteiger partial charge in [0.05, 0.1) is 0 Å². The van der Waals surface area contributed by atoms with Crippen LogP contribution in [-0.2, 0) is 15.1 Å². The molecule has 2 fully saturated rings. The van der Waals surface area contributed by atoms with Gasteiger partial charge in [-0.3, -0.25) is 14.5 Å². The van der Waals surface area contributed by atoms with E-state index >= 15 is 0 Å². The molecule has 6 nitrogen and oxygen atoms in total. The maximum atomic E-state index is 12.9. The molecule has 2 aliphatic rings. The van der Waals surface area contributed by atoms with Gasteiger partial charge in [-0.1, -0.05) is 47.3 Å². The Labute approximate surface area is 162 Å². The molecule has 1 aliphatic heterocycles. The van der Waals surface area contributed by atoms with Crippen LogP contribution in [-0.4, -0.2) is 47.3 Å². The van der Waals surface area contributed by atoms with Gasteiger partial charge in [-0.05, 0) is 37.5 Å². The zero-order chi connectivity index (χ0) is 18.9. The molecule has 26 heavy (non-hydrogen) atoms. The largest absolute Gasteiger partial charge is 0.341 e. The van der Waals surface area contributed by atoms with E-state index in [0.717, 1.165) is 35.1 Å². The minimum Gasteiger partial charge on any atom is -0.341 e. The fourth-order valence-electron chi connectivity index (χ4n) is 3.75. The zero-order valence-corrected chi connectivity index (χ0v) is 16.7. The molecule has 1 unspecified atom stereocenters. The number of carbonyl (C=O) groups excluding carboxylic acids is 3. The smallest absolute Gasteiger partial charge is 0.325 e. The van der Waals surface area contributed by atoms with Gasteiger partial charge in [-0.25, -0.2) is 4.79 Å². The van der Waals surface area contributed by atoms with Crippen LogP contribution < -0.4 is 5.32 Å². The molecule has 0 radical (unpaired) electrons. The van der Waals surface area contributed by atoms with Crippen molar-refractivity contribution in [1.82, 2.24) is 15.1 Å². The van der Waals surface area contributed by atoms with E-state index in [0.29, 0.717) is 5.56 Å². The third kappa shape index (κ3) is 3.49. The van der Waals surface area contributed by atoms with Crippen LogP contribution in [0.3, 0.4) is 0 Å². The van der Waals surface area contributed by atoms with Gasteiger partial charge >= 0.3 is 6.03 Å². The molecule has 0 bridgehead atoms. The second-order valence-electron chi connectivity index (χ2n) is 7.25. The summed E-state index contributed by atoms with van der Waals surface area (Å²) in [7, 11) is 1.77. The standard InChI is InChI=1S/C19H24BrN3O3/c1-19(13-7-6-8-14(20)11-13)17(25)23(18(26)21-19)12-16(24)22(2)15-9-4-3-5-10-15/h6-8,11,15H,3-5,9-10,12H2,1-2H3,(H,21,26). The molecule has 1 aromatic carbocycles. The molecule has 140 valence electrons. The Balaban J connectivity index is 1.73. The molecule has 4 amide bonds. The van der Waals surface area contributed by atoms with E-state index in [9.17, 15) is 14.4 Å². The van der Waals surface area contributed by atoms with Crippen LogP contribution >= 0.6 is 15.9 Å². The van der Waals surface area contributed by atoms with Crippen molar-refractivity contribution < 1.29 is 14.4 Å². The molecule has 0 aromatic heterocycles. The number of carbonyl (C=O) groups is 3. The van der Waals surface area contributed by atoms with Crippen molar-refractivity contribution in [3.63, 3.8) is 0 Å². The molecular weight excluding hydrogens is 398 g/mol. The highest BCUT2D eigenvalue weighted by molar-refractivity contribution is 9.10. The Hall–Kier alpha value is -1.89. The minimum absolute atomic E-state index is 0.195. The highest BCUT2D eigenvalue weighted by Crippen LogP contribution is 2.30. The Kier molecular flexibility index (Phi) is 5.37. The number of hydrogen-bond acceptors (Lipinski definition) is 3. The summed E-state index contributed by atoms with van der Waals surface area (Å²) >= 11 is 3.39. The van der Waals surface area contributed by atoms with Crippen molar-refractivity contribution in [2.75, 3.05) is 13.6 Å². The molecule has 1 heterocycles. The van der Waals surface area contributed by atoms with E-state index in [4.69, 9.17) is 0 Å². The molecular formula is C19H24BrN3O3. The predicted molar refractivity (Wildman–Crippen MR) is 101 cm³/mol. The Morgan fingerprint density at radius 3 is 2.65 bits per heavy atom. The number of rotatable bonds is 4. The van der Waals surface area contributed by atoms with E-state index in [1.54, 1.807) is 31.0 Å². The Morgan fingerprint density at radius 2 is 2.00 bits per heavy atom. The van der Waals surface area contributed by atoms with Gasteiger partial charge in [-0.15, -0.1) is 0 Å². The van der Waals surface area contributed by atoms with Crippen LogP contribution in [0, 0.1) is 0 Å². The van der Waals surface area contributed by atoms with E-state index in [1.807, 2.05) is 12.1 Å².